The van der Waals surface area contributed by atoms with Crippen molar-refractivity contribution in [2.45, 2.75) is 30.9 Å². The maximum atomic E-state index is 5.80. The van der Waals surface area contributed by atoms with Crippen molar-refractivity contribution in [1.29, 1.82) is 0 Å². The molecule has 2 aliphatic rings. The number of nitrogens with zero attached hydrogens (tertiary/aromatic N) is 1. The molecule has 0 spiro atoms. The van der Waals surface area contributed by atoms with E-state index in [4.69, 9.17) is 10.5 Å². The number of likely N-dealkylation sites (tertiary alicyclic amines) is 1. The van der Waals surface area contributed by atoms with Crippen molar-refractivity contribution in [3.05, 3.63) is 35.4 Å². The maximum absolute atomic E-state index is 5.80. The highest BCUT2D eigenvalue weighted by molar-refractivity contribution is 5.32. The van der Waals surface area contributed by atoms with Crippen LogP contribution in [0.15, 0.2) is 24.3 Å². The lowest BCUT2D eigenvalue weighted by atomic mass is 9.97. The molecule has 1 aliphatic carbocycles. The molecule has 3 heteroatoms. The van der Waals surface area contributed by atoms with Crippen LogP contribution < -0.4 is 5.73 Å². The first-order chi connectivity index (χ1) is 9.18. The van der Waals surface area contributed by atoms with Crippen LogP contribution in [0.1, 0.15) is 36.4 Å². The Labute approximate surface area is 115 Å². The first-order valence-corrected chi connectivity index (χ1v) is 7.24. The molecule has 0 radical (unpaired) electrons. The van der Waals surface area contributed by atoms with E-state index in [2.05, 4.69) is 36.2 Å². The Kier molecular flexibility index (Phi) is 3.37. The van der Waals surface area contributed by atoms with Crippen molar-refractivity contribution in [2.24, 2.45) is 11.7 Å². The van der Waals surface area contributed by atoms with Gasteiger partial charge in [-0.25, -0.2) is 0 Å². The van der Waals surface area contributed by atoms with Crippen molar-refractivity contribution in [3.63, 3.8) is 0 Å². The molecule has 3 rings (SSSR count). The minimum absolute atomic E-state index is 0.0277. The van der Waals surface area contributed by atoms with E-state index in [1.807, 2.05) is 7.11 Å². The molecule has 104 valence electrons. The molecule has 1 aliphatic heterocycles. The minimum Gasteiger partial charge on any atom is -0.374 e. The van der Waals surface area contributed by atoms with Gasteiger partial charge in [0.15, 0.2) is 0 Å². The SMILES string of the molecule is COC1(c2ccc(C3CC(CN)CN3C)cc2)CC1. The molecule has 2 unspecified atom stereocenters. The van der Waals surface area contributed by atoms with Crippen LogP contribution in [-0.4, -0.2) is 32.1 Å². The van der Waals surface area contributed by atoms with E-state index in [0.717, 1.165) is 25.9 Å². The number of ether oxygens (including phenoxy) is 1. The number of hydrogen-bond donors (Lipinski definition) is 1. The summed E-state index contributed by atoms with van der Waals surface area (Å²) in [5.74, 6) is 0.642. The van der Waals surface area contributed by atoms with Gasteiger partial charge in [-0.05, 0) is 49.9 Å². The molecule has 2 fully saturated rings. The Morgan fingerprint density at radius 1 is 1.32 bits per heavy atom. The second kappa shape index (κ2) is 4.89. The van der Waals surface area contributed by atoms with Gasteiger partial charge in [0.1, 0.15) is 0 Å². The minimum atomic E-state index is 0.0277. The first kappa shape index (κ1) is 13.1. The van der Waals surface area contributed by atoms with E-state index >= 15 is 0 Å². The van der Waals surface area contributed by atoms with Crippen LogP contribution in [0, 0.1) is 5.92 Å². The van der Waals surface area contributed by atoms with Gasteiger partial charge < -0.3 is 10.5 Å². The Bertz CT molecular complexity index is 439. The maximum Gasteiger partial charge on any atom is 0.0929 e. The van der Waals surface area contributed by atoms with Crippen LogP contribution in [0.25, 0.3) is 0 Å². The summed E-state index contributed by atoms with van der Waals surface area (Å²) < 4.78 is 5.63. The van der Waals surface area contributed by atoms with Crippen LogP contribution in [0.5, 0.6) is 0 Å². The van der Waals surface area contributed by atoms with Gasteiger partial charge in [0.2, 0.25) is 0 Å². The molecule has 19 heavy (non-hydrogen) atoms. The third-order valence-electron chi connectivity index (χ3n) is 4.88. The van der Waals surface area contributed by atoms with Gasteiger partial charge in [0, 0.05) is 19.7 Å². The van der Waals surface area contributed by atoms with Crippen LogP contribution in [0.4, 0.5) is 0 Å². The summed E-state index contributed by atoms with van der Waals surface area (Å²) >= 11 is 0. The molecule has 3 nitrogen and oxygen atoms in total. The lowest BCUT2D eigenvalue weighted by molar-refractivity contribution is 0.0789. The third-order valence-corrected chi connectivity index (χ3v) is 4.88. The fourth-order valence-electron chi connectivity index (χ4n) is 3.40. The molecule has 0 amide bonds. The van der Waals surface area contributed by atoms with E-state index in [-0.39, 0.29) is 5.60 Å². The van der Waals surface area contributed by atoms with Crippen LogP contribution in [0.3, 0.4) is 0 Å². The van der Waals surface area contributed by atoms with E-state index in [1.54, 1.807) is 0 Å². The predicted octanol–water partition coefficient (Wildman–Crippen LogP) is 2.27. The summed E-state index contributed by atoms with van der Waals surface area (Å²) in [5, 5.41) is 0. The Hall–Kier alpha value is -0.900. The van der Waals surface area contributed by atoms with Crippen molar-refractivity contribution >= 4 is 0 Å². The molecule has 1 heterocycles. The molecule has 1 aromatic carbocycles. The van der Waals surface area contributed by atoms with Gasteiger partial charge in [-0.1, -0.05) is 24.3 Å². The number of benzene rings is 1. The van der Waals surface area contributed by atoms with Crippen LogP contribution >= 0.6 is 0 Å². The van der Waals surface area contributed by atoms with E-state index in [0.29, 0.717) is 12.0 Å². The number of methoxy groups -OCH3 is 1. The molecule has 1 aromatic rings. The monoisotopic (exact) mass is 260 g/mol. The fourth-order valence-corrected chi connectivity index (χ4v) is 3.40. The number of hydrogen-bond acceptors (Lipinski definition) is 3. The lowest BCUT2D eigenvalue weighted by Crippen LogP contribution is -2.20. The molecule has 2 atom stereocenters. The zero-order valence-electron chi connectivity index (χ0n) is 11.9. The molecule has 1 saturated heterocycles. The summed E-state index contributed by atoms with van der Waals surface area (Å²) in [6.07, 6.45) is 3.49. The van der Waals surface area contributed by atoms with Gasteiger partial charge in [-0.3, -0.25) is 4.90 Å². The molecule has 0 aromatic heterocycles. The topological polar surface area (TPSA) is 38.5 Å². The lowest BCUT2D eigenvalue weighted by Gasteiger charge is -2.21. The molecule has 2 N–H and O–H groups in total. The quantitative estimate of drug-likeness (QED) is 0.902. The Morgan fingerprint density at radius 3 is 2.47 bits per heavy atom. The third kappa shape index (κ3) is 2.31. The second-order valence-electron chi connectivity index (χ2n) is 6.11. The fraction of sp³-hybridized carbons (Fsp3) is 0.625. The molecule has 1 saturated carbocycles. The van der Waals surface area contributed by atoms with Gasteiger partial charge in [0.25, 0.3) is 0 Å². The zero-order chi connectivity index (χ0) is 13.5. The summed E-state index contributed by atoms with van der Waals surface area (Å²) in [5.41, 5.74) is 8.57. The Morgan fingerprint density at radius 2 is 2.00 bits per heavy atom. The summed E-state index contributed by atoms with van der Waals surface area (Å²) in [6.45, 7) is 1.91. The predicted molar refractivity (Wildman–Crippen MR) is 76.9 cm³/mol. The average molecular weight is 260 g/mol. The second-order valence-corrected chi connectivity index (χ2v) is 6.11. The highest BCUT2D eigenvalue weighted by Gasteiger charge is 2.44. The van der Waals surface area contributed by atoms with Crippen molar-refractivity contribution < 1.29 is 4.74 Å². The van der Waals surface area contributed by atoms with Crippen molar-refractivity contribution in [3.8, 4) is 0 Å². The van der Waals surface area contributed by atoms with E-state index in [9.17, 15) is 0 Å². The van der Waals surface area contributed by atoms with Crippen LogP contribution in [-0.2, 0) is 10.3 Å². The normalized spacial score (nSPS) is 29.6. The van der Waals surface area contributed by atoms with Crippen molar-refractivity contribution in [2.75, 3.05) is 27.2 Å². The number of nitrogens with two attached hydrogens (primary N) is 1. The van der Waals surface area contributed by atoms with Crippen molar-refractivity contribution in [1.82, 2.24) is 4.90 Å². The molecular formula is C16H24N2O. The molecular weight excluding hydrogens is 236 g/mol. The zero-order valence-corrected chi connectivity index (χ0v) is 11.9. The standard InChI is InChI=1S/C16H24N2O/c1-18-11-12(10-17)9-15(18)13-3-5-14(6-4-13)16(19-2)7-8-16/h3-6,12,15H,7-11,17H2,1-2H3. The van der Waals surface area contributed by atoms with E-state index < -0.39 is 0 Å². The van der Waals surface area contributed by atoms with Crippen LogP contribution in [0.2, 0.25) is 0 Å². The first-order valence-electron chi connectivity index (χ1n) is 7.24. The van der Waals surface area contributed by atoms with E-state index in [1.165, 1.54) is 17.5 Å². The highest BCUT2D eigenvalue weighted by atomic mass is 16.5. The summed E-state index contributed by atoms with van der Waals surface area (Å²) in [4.78, 5) is 2.43. The van der Waals surface area contributed by atoms with Gasteiger partial charge in [-0.2, -0.15) is 0 Å². The van der Waals surface area contributed by atoms with Gasteiger partial charge in [-0.15, -0.1) is 0 Å². The summed E-state index contributed by atoms with van der Waals surface area (Å²) in [6, 6.07) is 9.56. The number of rotatable bonds is 4. The van der Waals surface area contributed by atoms with Gasteiger partial charge >= 0.3 is 0 Å². The highest BCUT2D eigenvalue weighted by Crippen LogP contribution is 2.49. The largest absolute Gasteiger partial charge is 0.374 e. The summed E-state index contributed by atoms with van der Waals surface area (Å²) in [7, 11) is 4.02. The average Bonchev–Trinajstić information content (AvgIpc) is 3.16. The van der Waals surface area contributed by atoms with Gasteiger partial charge in [0.05, 0.1) is 5.60 Å². The smallest absolute Gasteiger partial charge is 0.0929 e. The Balaban J connectivity index is 1.76. The molecule has 0 bridgehead atoms.